The van der Waals surface area contributed by atoms with Crippen LogP contribution in [0, 0.1) is 5.92 Å². The summed E-state index contributed by atoms with van der Waals surface area (Å²) in [5.74, 6) is 3.08. The van der Waals surface area contributed by atoms with Gasteiger partial charge in [-0.3, -0.25) is 4.79 Å². The first kappa shape index (κ1) is 27.7. The van der Waals surface area contributed by atoms with Gasteiger partial charge in [0.05, 0.1) is 31.5 Å². The molecule has 0 aliphatic carbocycles. The highest BCUT2D eigenvalue weighted by atomic mass is 35.5. The maximum absolute atomic E-state index is 13.7. The number of methoxy groups -OCH3 is 2. The standard InChI is InChI=1S/C30H35ClN6O3/c1-20(2)12-13-26-33-28(23-19-32-37(29(23)34-26)22-9-5-8-21(31)18-22)35-14-7-15-36(17-16-35)30(38)27-24(39-3)10-6-11-25(27)40-4/h5-6,8-11,18-20H,7,12-17H2,1-4H3. The number of halogens is 1. The minimum atomic E-state index is -0.101. The zero-order valence-corrected chi connectivity index (χ0v) is 24.2. The molecule has 5 rings (SSSR count). The summed E-state index contributed by atoms with van der Waals surface area (Å²) in [5, 5.41) is 6.19. The molecule has 0 radical (unpaired) electrons. The van der Waals surface area contributed by atoms with Crippen LogP contribution in [0.5, 0.6) is 11.5 Å². The van der Waals surface area contributed by atoms with Crippen LogP contribution in [0.4, 0.5) is 5.82 Å². The van der Waals surface area contributed by atoms with Gasteiger partial charge >= 0.3 is 0 Å². The van der Waals surface area contributed by atoms with E-state index in [0.29, 0.717) is 47.6 Å². The van der Waals surface area contributed by atoms with E-state index in [4.69, 9.17) is 31.0 Å². The van der Waals surface area contributed by atoms with Gasteiger partial charge in [0.1, 0.15) is 28.7 Å². The van der Waals surface area contributed by atoms with Crippen molar-refractivity contribution < 1.29 is 14.3 Å². The number of amides is 1. The summed E-state index contributed by atoms with van der Waals surface area (Å²) in [6.07, 6.45) is 4.37. The first-order valence-corrected chi connectivity index (χ1v) is 14.0. The molecule has 1 fully saturated rings. The number of hydrogen-bond donors (Lipinski definition) is 0. The van der Waals surface area contributed by atoms with Crippen LogP contribution in [0.25, 0.3) is 16.7 Å². The minimum absolute atomic E-state index is 0.101. The van der Waals surface area contributed by atoms with Gasteiger partial charge in [-0.05, 0) is 49.1 Å². The molecular weight excluding hydrogens is 528 g/mol. The molecule has 1 saturated heterocycles. The van der Waals surface area contributed by atoms with Gasteiger partial charge in [-0.15, -0.1) is 0 Å². The highest BCUT2D eigenvalue weighted by molar-refractivity contribution is 6.30. The van der Waals surface area contributed by atoms with Crippen LogP contribution in [0.1, 0.15) is 42.9 Å². The Kier molecular flexibility index (Phi) is 8.40. The number of ether oxygens (including phenoxy) is 2. The summed E-state index contributed by atoms with van der Waals surface area (Å²) >= 11 is 6.29. The maximum Gasteiger partial charge on any atom is 0.261 e. The third-order valence-electron chi connectivity index (χ3n) is 7.18. The van der Waals surface area contributed by atoms with Crippen LogP contribution in [0.15, 0.2) is 48.7 Å². The van der Waals surface area contributed by atoms with E-state index in [1.165, 1.54) is 0 Å². The highest BCUT2D eigenvalue weighted by Gasteiger charge is 2.27. The molecule has 0 unspecified atom stereocenters. The van der Waals surface area contributed by atoms with Crippen LogP contribution in [0.3, 0.4) is 0 Å². The zero-order valence-electron chi connectivity index (χ0n) is 23.4. The first-order valence-electron chi connectivity index (χ1n) is 13.7. The third kappa shape index (κ3) is 5.70. The molecule has 0 saturated carbocycles. The zero-order chi connectivity index (χ0) is 28.2. The van der Waals surface area contributed by atoms with Crippen molar-refractivity contribution in [2.24, 2.45) is 5.92 Å². The van der Waals surface area contributed by atoms with Gasteiger partial charge in [0, 0.05) is 37.6 Å². The summed E-state index contributed by atoms with van der Waals surface area (Å²) < 4.78 is 12.8. The predicted octanol–water partition coefficient (Wildman–Crippen LogP) is 5.43. The number of carbonyl (C=O) groups excluding carboxylic acids is 1. The molecule has 0 spiro atoms. The lowest BCUT2D eigenvalue weighted by Gasteiger charge is -2.24. The van der Waals surface area contributed by atoms with Crippen molar-refractivity contribution in [3.63, 3.8) is 0 Å². The number of hydrogen-bond acceptors (Lipinski definition) is 7. The fraction of sp³-hybridized carbons (Fsp3) is 0.400. The van der Waals surface area contributed by atoms with Crippen LogP contribution in [0.2, 0.25) is 5.02 Å². The maximum atomic E-state index is 13.7. The molecule has 0 bridgehead atoms. The number of rotatable bonds is 8. The monoisotopic (exact) mass is 562 g/mol. The largest absolute Gasteiger partial charge is 0.496 e. The van der Waals surface area contributed by atoms with Crippen LogP contribution >= 0.6 is 11.6 Å². The van der Waals surface area contributed by atoms with E-state index < -0.39 is 0 Å². The fourth-order valence-corrected chi connectivity index (χ4v) is 5.24. The molecule has 1 aliphatic heterocycles. The highest BCUT2D eigenvalue weighted by Crippen LogP contribution is 2.31. The second kappa shape index (κ2) is 12.1. The summed E-state index contributed by atoms with van der Waals surface area (Å²) in [4.78, 5) is 27.8. The lowest BCUT2D eigenvalue weighted by atomic mass is 10.1. The van der Waals surface area contributed by atoms with Gasteiger partial charge in [0.15, 0.2) is 5.65 Å². The van der Waals surface area contributed by atoms with Crippen molar-refractivity contribution >= 4 is 34.4 Å². The topological polar surface area (TPSA) is 85.6 Å². The number of aryl methyl sites for hydroxylation is 1. The molecule has 1 aliphatic rings. The molecule has 40 heavy (non-hydrogen) atoms. The number of aromatic nitrogens is 4. The Morgan fingerprint density at radius 2 is 1.75 bits per heavy atom. The lowest BCUT2D eigenvalue weighted by molar-refractivity contribution is 0.0760. The molecule has 2 aromatic heterocycles. The molecular formula is C30H35ClN6O3. The second-order valence-corrected chi connectivity index (χ2v) is 10.8. The van der Waals surface area contributed by atoms with E-state index >= 15 is 0 Å². The molecule has 0 N–H and O–H groups in total. The van der Waals surface area contributed by atoms with Crippen LogP contribution in [-0.2, 0) is 6.42 Å². The average molecular weight is 563 g/mol. The van der Waals surface area contributed by atoms with Crippen molar-refractivity contribution in [3.05, 3.63) is 65.1 Å². The second-order valence-electron chi connectivity index (χ2n) is 10.3. The fourth-order valence-electron chi connectivity index (χ4n) is 5.06. The average Bonchev–Trinajstić information content (AvgIpc) is 3.23. The Balaban J connectivity index is 1.47. The smallest absolute Gasteiger partial charge is 0.261 e. The van der Waals surface area contributed by atoms with Crippen molar-refractivity contribution in [2.45, 2.75) is 33.1 Å². The van der Waals surface area contributed by atoms with Gasteiger partial charge in [0.25, 0.3) is 5.91 Å². The summed E-state index contributed by atoms with van der Waals surface area (Å²) in [7, 11) is 3.13. The molecule has 4 aromatic rings. The van der Waals surface area contributed by atoms with Crippen molar-refractivity contribution in [2.75, 3.05) is 45.3 Å². The summed E-state index contributed by atoms with van der Waals surface area (Å²) in [6, 6.07) is 13.0. The number of anilines is 1. The lowest BCUT2D eigenvalue weighted by Crippen LogP contribution is -2.36. The third-order valence-corrected chi connectivity index (χ3v) is 7.41. The molecule has 2 aromatic carbocycles. The number of carbonyl (C=O) groups is 1. The van der Waals surface area contributed by atoms with Gasteiger partial charge in [-0.1, -0.05) is 37.6 Å². The Labute approximate surface area is 239 Å². The number of fused-ring (bicyclic) bond motifs is 1. The summed E-state index contributed by atoms with van der Waals surface area (Å²) in [5.41, 5.74) is 2.05. The van der Waals surface area contributed by atoms with Gasteiger partial charge in [0.2, 0.25) is 0 Å². The number of nitrogens with zero attached hydrogens (tertiary/aromatic N) is 6. The van der Waals surface area contributed by atoms with E-state index in [-0.39, 0.29) is 5.91 Å². The molecule has 10 heteroatoms. The molecule has 3 heterocycles. The van der Waals surface area contributed by atoms with E-state index in [1.807, 2.05) is 46.1 Å². The molecule has 210 valence electrons. The molecule has 0 atom stereocenters. The van der Waals surface area contributed by atoms with Gasteiger partial charge < -0.3 is 19.3 Å². The van der Waals surface area contributed by atoms with Gasteiger partial charge in [-0.25, -0.2) is 14.6 Å². The van der Waals surface area contributed by atoms with E-state index in [9.17, 15) is 4.79 Å². The van der Waals surface area contributed by atoms with Crippen LogP contribution in [-0.4, -0.2) is 71.0 Å². The Morgan fingerprint density at radius 1 is 1.00 bits per heavy atom. The summed E-state index contributed by atoms with van der Waals surface area (Å²) in [6.45, 7) is 6.94. The van der Waals surface area contributed by atoms with Crippen molar-refractivity contribution in [1.29, 1.82) is 0 Å². The van der Waals surface area contributed by atoms with Gasteiger partial charge in [-0.2, -0.15) is 5.10 Å². The predicted molar refractivity (Wildman–Crippen MR) is 157 cm³/mol. The normalized spacial score (nSPS) is 14.1. The van der Waals surface area contributed by atoms with E-state index in [2.05, 4.69) is 23.8 Å². The van der Waals surface area contributed by atoms with Crippen molar-refractivity contribution in [1.82, 2.24) is 24.6 Å². The van der Waals surface area contributed by atoms with E-state index in [1.54, 1.807) is 26.4 Å². The molecule has 1 amide bonds. The Hall–Kier alpha value is -3.85. The van der Waals surface area contributed by atoms with Crippen molar-refractivity contribution in [3.8, 4) is 17.2 Å². The number of benzene rings is 2. The quantitative estimate of drug-likeness (QED) is 0.283. The van der Waals surface area contributed by atoms with Crippen LogP contribution < -0.4 is 14.4 Å². The Morgan fingerprint density at radius 3 is 2.45 bits per heavy atom. The molecule has 9 nitrogen and oxygen atoms in total. The SMILES string of the molecule is COc1cccc(OC)c1C(=O)N1CCCN(c2nc(CCC(C)C)nc3c2cnn3-c2cccc(Cl)c2)CC1. The first-order chi connectivity index (χ1) is 19.4. The Bertz CT molecular complexity index is 1480. The minimum Gasteiger partial charge on any atom is -0.496 e. The van der Waals surface area contributed by atoms with E-state index in [0.717, 1.165) is 54.2 Å².